The van der Waals surface area contributed by atoms with E-state index in [-0.39, 0.29) is 164 Å². The largest absolute Gasteiger partial charge is 0.508 e. The van der Waals surface area contributed by atoms with E-state index in [0.717, 1.165) is 6.42 Å². The van der Waals surface area contributed by atoms with Crippen molar-refractivity contribution in [3.63, 3.8) is 0 Å². The highest BCUT2D eigenvalue weighted by atomic mass is 16.7. The fraction of sp³-hybridized carbons (Fsp3) is 0.985. The Morgan fingerprint density at radius 3 is 0.625 bits per heavy atom. The van der Waals surface area contributed by atoms with E-state index in [2.05, 4.69) is 13.8 Å². The summed E-state index contributed by atoms with van der Waals surface area (Å²) in [5.74, 6) is 0.343. The van der Waals surface area contributed by atoms with Gasteiger partial charge in [0.1, 0.15) is 12.2 Å². The minimum absolute atomic E-state index is 0.00830. The maximum Gasteiger partial charge on any atom is 0.508 e. The van der Waals surface area contributed by atoms with Crippen LogP contribution in [0.1, 0.15) is 167 Å². The van der Waals surface area contributed by atoms with Crippen molar-refractivity contribution in [2.24, 2.45) is 22.2 Å². The van der Waals surface area contributed by atoms with Gasteiger partial charge in [-0.25, -0.2) is 4.79 Å². The molecule has 0 aliphatic rings. The lowest BCUT2D eigenvalue weighted by atomic mass is 9.92. The van der Waals surface area contributed by atoms with Crippen LogP contribution in [0.3, 0.4) is 0 Å². The lowest BCUT2D eigenvalue weighted by Gasteiger charge is -2.35. The second kappa shape index (κ2) is 53.8. The SMILES string of the molecule is CCC(C)COCC(COCC(O)CC)(COCC(O)CC)COCC(CC)OC(CC)COCC(COCC(O)CC)(COCC(O)CC)COCC(CC)OC(=O)OC(CC)COCC(COCC(O)CC)(COCC(O)CC)COCC(O)CC. The summed E-state index contributed by atoms with van der Waals surface area (Å²) in [6.07, 6.45) is -1.13. The summed E-state index contributed by atoms with van der Waals surface area (Å²) in [6.45, 7) is 28.1. The smallest absolute Gasteiger partial charge is 0.429 e. The summed E-state index contributed by atoms with van der Waals surface area (Å²) < 4.78 is 92.4. The molecule has 23 heteroatoms. The Morgan fingerprint density at radius 2 is 0.443 bits per heavy atom. The van der Waals surface area contributed by atoms with Gasteiger partial charge in [0, 0.05) is 6.61 Å². The molecule has 0 heterocycles. The fourth-order valence-corrected chi connectivity index (χ4v) is 8.23. The lowest BCUT2D eigenvalue weighted by molar-refractivity contribution is -0.150. The highest BCUT2D eigenvalue weighted by molar-refractivity contribution is 5.60. The summed E-state index contributed by atoms with van der Waals surface area (Å²) in [4.78, 5) is 13.5. The van der Waals surface area contributed by atoms with Crippen molar-refractivity contribution >= 4 is 6.16 Å². The first-order chi connectivity index (χ1) is 42.2. The van der Waals surface area contributed by atoms with Crippen molar-refractivity contribution in [1.82, 2.24) is 0 Å². The van der Waals surface area contributed by atoms with E-state index in [9.17, 15) is 40.5 Å². The maximum atomic E-state index is 13.5. The Hall–Kier alpha value is -1.53. The predicted molar refractivity (Wildman–Crippen MR) is 336 cm³/mol. The zero-order valence-corrected chi connectivity index (χ0v) is 57.0. The number of aliphatic hydroxyl groups excluding tert-OH is 7. The average Bonchev–Trinajstić information content (AvgIpc) is 2.46. The van der Waals surface area contributed by atoms with Gasteiger partial charge in [-0.15, -0.1) is 0 Å². The number of aliphatic hydroxyl groups is 7. The summed E-state index contributed by atoms with van der Waals surface area (Å²) in [7, 11) is 0. The molecular weight excluding hydrogens is 1150 g/mol. The van der Waals surface area contributed by atoms with E-state index in [4.69, 9.17) is 71.1 Å². The number of carbonyl (C=O) groups excluding carboxylic acids is 1. The summed E-state index contributed by atoms with van der Waals surface area (Å²) in [5.41, 5.74) is -2.61. The molecule has 7 N–H and O–H groups in total. The molecule has 12 unspecified atom stereocenters. The molecule has 0 rings (SSSR count). The summed E-state index contributed by atoms with van der Waals surface area (Å²) in [5, 5.41) is 72.4. The highest BCUT2D eigenvalue weighted by Gasteiger charge is 2.37. The van der Waals surface area contributed by atoms with E-state index in [1.165, 1.54) is 0 Å². The van der Waals surface area contributed by atoms with E-state index in [0.29, 0.717) is 83.2 Å². The molecule has 0 aromatic rings. The molecule has 0 amide bonds. The van der Waals surface area contributed by atoms with Gasteiger partial charge < -0.3 is 107 Å². The van der Waals surface area contributed by atoms with Gasteiger partial charge in [0.25, 0.3) is 0 Å². The number of rotatable bonds is 64. The minimum Gasteiger partial charge on any atom is -0.429 e. The first kappa shape index (κ1) is 86.5. The fourth-order valence-electron chi connectivity index (χ4n) is 8.23. The van der Waals surface area contributed by atoms with Crippen LogP contribution in [0.5, 0.6) is 0 Å². The van der Waals surface area contributed by atoms with Crippen LogP contribution in [0, 0.1) is 22.2 Å². The molecule has 528 valence electrons. The molecule has 12 atom stereocenters. The zero-order chi connectivity index (χ0) is 66.1. The molecule has 0 aliphatic heterocycles. The number of hydrogen-bond donors (Lipinski definition) is 7. The van der Waals surface area contributed by atoms with Crippen molar-refractivity contribution in [2.75, 3.05) is 159 Å². The molecule has 88 heavy (non-hydrogen) atoms. The van der Waals surface area contributed by atoms with Crippen LogP contribution >= 0.6 is 0 Å². The molecule has 0 saturated heterocycles. The standard InChI is InChI=1S/C65H130O23/c1-14-50(13)26-74-38-63(39-75-27-51(66)15-2,40-76-28-52(67)16-3)46-82-34-58(22-9)86-59(23-10)35-83-48-65(44-80-32-56(71)20-7,45-81-33-57(72)21-8)49-85-37-61(25-12)88-62(73)87-60(24-11)36-84-47-64(41-77-29-53(68)17-4,42-78-30-54(69)18-5)43-79-31-55(70)19-6/h50-61,66-72H,14-49H2,1-13H3. The Balaban J connectivity index is 6.36. The number of hydrogen-bond acceptors (Lipinski definition) is 23. The van der Waals surface area contributed by atoms with Crippen LogP contribution in [0.15, 0.2) is 0 Å². The van der Waals surface area contributed by atoms with Crippen molar-refractivity contribution in [1.29, 1.82) is 0 Å². The van der Waals surface area contributed by atoms with Crippen LogP contribution < -0.4 is 0 Å². The van der Waals surface area contributed by atoms with Crippen LogP contribution in [-0.2, 0) is 71.1 Å². The van der Waals surface area contributed by atoms with Crippen LogP contribution in [0.25, 0.3) is 0 Å². The molecule has 0 fully saturated rings. The van der Waals surface area contributed by atoms with Crippen molar-refractivity contribution < 1.29 is 112 Å². The first-order valence-electron chi connectivity index (χ1n) is 33.4. The van der Waals surface area contributed by atoms with Gasteiger partial charge in [-0.1, -0.05) is 96.4 Å². The predicted octanol–water partition coefficient (Wildman–Crippen LogP) is 6.87. The Bertz CT molecular complexity index is 1470. The lowest BCUT2D eigenvalue weighted by Crippen LogP contribution is -2.44. The molecule has 0 spiro atoms. The third-order valence-electron chi connectivity index (χ3n) is 15.4. The Labute approximate surface area is 531 Å². The van der Waals surface area contributed by atoms with E-state index >= 15 is 0 Å². The van der Waals surface area contributed by atoms with Gasteiger partial charge in [0.15, 0.2) is 0 Å². The molecule has 0 aliphatic carbocycles. The molecule has 0 radical (unpaired) electrons. The summed E-state index contributed by atoms with van der Waals surface area (Å²) in [6, 6.07) is 0. The van der Waals surface area contributed by atoms with Gasteiger partial charge in [-0.2, -0.15) is 0 Å². The second-order valence-electron chi connectivity index (χ2n) is 24.4. The maximum absolute atomic E-state index is 13.5. The third-order valence-corrected chi connectivity index (χ3v) is 15.4. The molecule has 0 aromatic heterocycles. The van der Waals surface area contributed by atoms with Crippen LogP contribution in [-0.4, -0.2) is 268 Å². The van der Waals surface area contributed by atoms with Gasteiger partial charge in [-0.05, 0) is 76.5 Å². The van der Waals surface area contributed by atoms with Crippen LogP contribution in [0.4, 0.5) is 4.79 Å². The van der Waals surface area contributed by atoms with Crippen molar-refractivity contribution in [3.05, 3.63) is 0 Å². The Kier molecular flexibility index (Phi) is 52.9. The quantitative estimate of drug-likeness (QED) is 0.0306. The van der Waals surface area contributed by atoms with Gasteiger partial charge in [-0.3, -0.25) is 0 Å². The topological polar surface area (TPSA) is 297 Å². The molecule has 23 nitrogen and oxygen atoms in total. The molecule has 0 saturated carbocycles. The van der Waals surface area contributed by atoms with Crippen molar-refractivity contribution in [3.8, 4) is 0 Å². The molecule has 0 aromatic carbocycles. The van der Waals surface area contributed by atoms with Gasteiger partial charge in [0.05, 0.1) is 223 Å². The summed E-state index contributed by atoms with van der Waals surface area (Å²) >= 11 is 0. The monoisotopic (exact) mass is 1280 g/mol. The van der Waals surface area contributed by atoms with E-state index in [1.807, 2.05) is 76.2 Å². The van der Waals surface area contributed by atoms with E-state index in [1.54, 1.807) is 0 Å². The highest BCUT2D eigenvalue weighted by Crippen LogP contribution is 2.27. The van der Waals surface area contributed by atoms with Crippen LogP contribution in [0.2, 0.25) is 0 Å². The number of carbonyl (C=O) groups is 1. The normalized spacial score (nSPS) is 18.4. The number of ether oxygens (including phenoxy) is 15. The van der Waals surface area contributed by atoms with Gasteiger partial charge in [0.2, 0.25) is 0 Å². The van der Waals surface area contributed by atoms with Gasteiger partial charge >= 0.3 is 6.16 Å². The van der Waals surface area contributed by atoms with Crippen molar-refractivity contribution in [2.45, 2.75) is 234 Å². The third kappa shape index (κ3) is 41.9. The minimum atomic E-state index is -0.960. The molecular formula is C65H130O23. The Morgan fingerprint density at radius 1 is 0.261 bits per heavy atom. The second-order valence-corrected chi connectivity index (χ2v) is 24.4. The average molecular weight is 1280 g/mol. The first-order valence-corrected chi connectivity index (χ1v) is 33.4. The van der Waals surface area contributed by atoms with E-state index < -0.39 is 77.3 Å². The molecule has 0 bridgehead atoms. The zero-order valence-electron chi connectivity index (χ0n) is 57.0.